The zero-order valence-corrected chi connectivity index (χ0v) is 17.2. The Kier molecular flexibility index (Phi) is 6.75. The molecule has 0 radical (unpaired) electrons. The van der Waals surface area contributed by atoms with Crippen LogP contribution < -0.4 is 19.7 Å². The second-order valence-corrected chi connectivity index (χ2v) is 7.48. The summed E-state index contributed by atoms with van der Waals surface area (Å²) in [5.74, 6) is 1.35. The van der Waals surface area contributed by atoms with Gasteiger partial charge in [0.15, 0.2) is 0 Å². The van der Waals surface area contributed by atoms with Gasteiger partial charge in [0.2, 0.25) is 11.8 Å². The lowest BCUT2D eigenvalue weighted by Gasteiger charge is -2.26. The molecule has 29 heavy (non-hydrogen) atoms. The number of rotatable bonds is 7. The van der Waals surface area contributed by atoms with Crippen molar-refractivity contribution >= 4 is 17.5 Å². The maximum absolute atomic E-state index is 12.9. The Balaban J connectivity index is 1.73. The minimum Gasteiger partial charge on any atom is -0.496 e. The van der Waals surface area contributed by atoms with Crippen LogP contribution in [0.4, 0.5) is 5.69 Å². The molecule has 2 aromatic rings. The number of amides is 2. The van der Waals surface area contributed by atoms with Crippen LogP contribution in [0.1, 0.15) is 25.8 Å². The van der Waals surface area contributed by atoms with Crippen LogP contribution in [-0.2, 0) is 16.0 Å². The number of nitrogens with one attached hydrogen (secondary N) is 1. The van der Waals surface area contributed by atoms with Gasteiger partial charge in [0.1, 0.15) is 18.0 Å². The summed E-state index contributed by atoms with van der Waals surface area (Å²) in [6.07, 6.45) is 0.901. The second-order valence-electron chi connectivity index (χ2n) is 7.48. The molecule has 2 aromatic carbocycles. The highest BCUT2D eigenvalue weighted by Gasteiger charge is 2.26. The highest BCUT2D eigenvalue weighted by molar-refractivity contribution is 6.00. The molecule has 1 N–H and O–H groups in total. The van der Waals surface area contributed by atoms with Crippen LogP contribution in [0.5, 0.6) is 11.5 Å². The third-order valence-electron chi connectivity index (χ3n) is 5.12. The molecule has 3 rings (SSSR count). The molecule has 0 aromatic heterocycles. The van der Waals surface area contributed by atoms with E-state index in [1.54, 1.807) is 13.2 Å². The Bertz CT molecular complexity index is 865. The molecule has 2 amide bonds. The third-order valence-corrected chi connectivity index (χ3v) is 5.12. The van der Waals surface area contributed by atoms with Gasteiger partial charge in [-0.25, -0.2) is 0 Å². The van der Waals surface area contributed by atoms with Crippen molar-refractivity contribution in [3.05, 3.63) is 54.1 Å². The van der Waals surface area contributed by atoms with Gasteiger partial charge >= 0.3 is 0 Å². The summed E-state index contributed by atoms with van der Waals surface area (Å²) in [6, 6.07) is 15.1. The van der Waals surface area contributed by atoms with Gasteiger partial charge in [-0.2, -0.15) is 0 Å². The molecule has 154 valence electrons. The quantitative estimate of drug-likeness (QED) is 0.780. The number of methoxy groups -OCH3 is 1. The number of ether oxygens (including phenoxy) is 2. The maximum Gasteiger partial charge on any atom is 0.240 e. The third kappa shape index (κ3) is 5.08. The van der Waals surface area contributed by atoms with E-state index in [9.17, 15) is 9.59 Å². The average molecular weight is 396 g/mol. The normalized spacial score (nSPS) is 14.6. The fourth-order valence-corrected chi connectivity index (χ4v) is 3.45. The van der Waals surface area contributed by atoms with Gasteiger partial charge in [-0.15, -0.1) is 0 Å². The summed E-state index contributed by atoms with van der Waals surface area (Å²) >= 11 is 0. The zero-order chi connectivity index (χ0) is 20.8. The smallest absolute Gasteiger partial charge is 0.240 e. The molecule has 0 saturated carbocycles. The van der Waals surface area contributed by atoms with Crippen molar-refractivity contribution in [3.63, 3.8) is 0 Å². The van der Waals surface area contributed by atoms with Crippen LogP contribution in [0, 0.1) is 5.92 Å². The molecule has 1 aliphatic rings. The van der Waals surface area contributed by atoms with E-state index < -0.39 is 0 Å². The minimum atomic E-state index is -0.191. The predicted molar refractivity (Wildman–Crippen MR) is 112 cm³/mol. The van der Waals surface area contributed by atoms with E-state index in [0.29, 0.717) is 24.5 Å². The number of para-hydroxylation sites is 3. The molecule has 0 saturated heterocycles. The number of anilines is 1. The van der Waals surface area contributed by atoms with Crippen molar-refractivity contribution in [2.24, 2.45) is 5.92 Å². The van der Waals surface area contributed by atoms with Gasteiger partial charge in [0.25, 0.3) is 0 Å². The van der Waals surface area contributed by atoms with Gasteiger partial charge in [-0.3, -0.25) is 14.5 Å². The molecule has 0 bridgehead atoms. The maximum atomic E-state index is 12.9. The standard InChI is InChI=1S/C23H28N2O4/c1-16(2)18(14-17-8-4-6-10-20(17)28-3)24-22(26)15-25-19-9-5-7-11-21(19)29-13-12-23(25)27/h4-11,16,18H,12-15H2,1-3H3,(H,24,26). The molecule has 0 aliphatic carbocycles. The van der Waals surface area contributed by atoms with Gasteiger partial charge in [-0.05, 0) is 36.1 Å². The van der Waals surface area contributed by atoms with Crippen LogP contribution in [0.3, 0.4) is 0 Å². The van der Waals surface area contributed by atoms with Crippen LogP contribution in [-0.4, -0.2) is 38.1 Å². The number of fused-ring (bicyclic) bond motifs is 1. The molecular formula is C23H28N2O4. The Morgan fingerprint density at radius 3 is 2.66 bits per heavy atom. The van der Waals surface area contributed by atoms with Gasteiger partial charge in [0.05, 0.1) is 25.8 Å². The number of carbonyl (C=O) groups excluding carboxylic acids is 2. The summed E-state index contributed by atoms with van der Waals surface area (Å²) in [5, 5.41) is 3.11. The summed E-state index contributed by atoms with van der Waals surface area (Å²) in [6.45, 7) is 4.42. The lowest BCUT2D eigenvalue weighted by atomic mass is 9.95. The van der Waals surface area contributed by atoms with E-state index in [0.717, 1.165) is 11.3 Å². The van der Waals surface area contributed by atoms with Gasteiger partial charge in [0, 0.05) is 6.04 Å². The average Bonchev–Trinajstić information content (AvgIpc) is 2.87. The van der Waals surface area contributed by atoms with E-state index in [4.69, 9.17) is 9.47 Å². The first-order valence-corrected chi connectivity index (χ1v) is 9.93. The molecule has 6 nitrogen and oxygen atoms in total. The highest BCUT2D eigenvalue weighted by atomic mass is 16.5. The first-order valence-electron chi connectivity index (χ1n) is 9.93. The first kappa shape index (κ1) is 20.7. The molecule has 1 unspecified atom stereocenters. The molecule has 1 aliphatic heterocycles. The summed E-state index contributed by atoms with van der Waals surface area (Å²) in [5.41, 5.74) is 1.68. The molecule has 1 atom stereocenters. The van der Waals surface area contributed by atoms with Gasteiger partial charge < -0.3 is 14.8 Å². The molecule has 0 spiro atoms. The highest BCUT2D eigenvalue weighted by Crippen LogP contribution is 2.30. The lowest BCUT2D eigenvalue weighted by Crippen LogP contribution is -2.46. The summed E-state index contributed by atoms with van der Waals surface area (Å²) in [7, 11) is 1.65. The van der Waals surface area contributed by atoms with Crippen LogP contribution in [0.2, 0.25) is 0 Å². The Labute approximate surface area is 171 Å². The molecule has 0 fully saturated rings. The number of hydrogen-bond acceptors (Lipinski definition) is 4. The SMILES string of the molecule is COc1ccccc1CC(NC(=O)CN1C(=O)CCOc2ccccc21)C(C)C. The van der Waals surface area contributed by atoms with E-state index in [2.05, 4.69) is 19.2 Å². The Morgan fingerprint density at radius 2 is 1.90 bits per heavy atom. The molecule has 1 heterocycles. The van der Waals surface area contributed by atoms with Crippen molar-refractivity contribution < 1.29 is 19.1 Å². The van der Waals surface area contributed by atoms with Crippen molar-refractivity contribution in [1.82, 2.24) is 5.32 Å². The van der Waals surface area contributed by atoms with E-state index >= 15 is 0 Å². The number of carbonyl (C=O) groups is 2. The van der Waals surface area contributed by atoms with E-state index in [-0.39, 0.29) is 36.7 Å². The topological polar surface area (TPSA) is 67.9 Å². The molecular weight excluding hydrogens is 368 g/mol. The minimum absolute atomic E-state index is 0.0334. The first-order chi connectivity index (χ1) is 14.0. The number of benzene rings is 2. The second kappa shape index (κ2) is 9.45. The van der Waals surface area contributed by atoms with Crippen LogP contribution in [0.25, 0.3) is 0 Å². The summed E-state index contributed by atoms with van der Waals surface area (Å²) in [4.78, 5) is 26.9. The predicted octanol–water partition coefficient (Wildman–Crippen LogP) is 3.19. The number of nitrogens with zero attached hydrogens (tertiary/aromatic N) is 1. The van der Waals surface area contributed by atoms with Crippen molar-refractivity contribution in [2.45, 2.75) is 32.7 Å². The van der Waals surface area contributed by atoms with Crippen molar-refractivity contribution in [3.8, 4) is 11.5 Å². The van der Waals surface area contributed by atoms with Crippen molar-refractivity contribution in [1.29, 1.82) is 0 Å². The molecule has 6 heteroatoms. The van der Waals surface area contributed by atoms with Crippen LogP contribution in [0.15, 0.2) is 48.5 Å². The fraction of sp³-hybridized carbons (Fsp3) is 0.391. The largest absolute Gasteiger partial charge is 0.496 e. The Morgan fingerprint density at radius 1 is 1.17 bits per heavy atom. The monoisotopic (exact) mass is 396 g/mol. The zero-order valence-electron chi connectivity index (χ0n) is 17.2. The van der Waals surface area contributed by atoms with Crippen LogP contribution >= 0.6 is 0 Å². The fourth-order valence-electron chi connectivity index (χ4n) is 3.45. The number of hydrogen-bond donors (Lipinski definition) is 1. The van der Waals surface area contributed by atoms with Gasteiger partial charge in [-0.1, -0.05) is 44.2 Å². The van der Waals surface area contributed by atoms with E-state index in [1.807, 2.05) is 42.5 Å². The van der Waals surface area contributed by atoms with E-state index in [1.165, 1.54) is 4.90 Å². The summed E-state index contributed by atoms with van der Waals surface area (Å²) < 4.78 is 11.1. The lowest BCUT2D eigenvalue weighted by molar-refractivity contribution is -0.124. The Hall–Kier alpha value is -3.02. The van der Waals surface area contributed by atoms with Crippen molar-refractivity contribution in [2.75, 3.05) is 25.2 Å².